The highest BCUT2D eigenvalue weighted by molar-refractivity contribution is 7.99. The molecule has 0 aromatic carbocycles. The number of rotatable bonds is 3. The van der Waals surface area contributed by atoms with Gasteiger partial charge in [-0.3, -0.25) is 0 Å². The maximum absolute atomic E-state index is 5.43. The molecule has 0 aromatic heterocycles. The van der Waals surface area contributed by atoms with Crippen LogP contribution in [0.4, 0.5) is 0 Å². The first-order valence-corrected chi connectivity index (χ1v) is 4.80. The van der Waals surface area contributed by atoms with E-state index in [-0.39, 0.29) is 0 Å². The van der Waals surface area contributed by atoms with E-state index in [2.05, 4.69) is 13.5 Å². The molecule has 2 heteroatoms. The molecule has 1 aliphatic rings. The Labute approximate surface area is 66.8 Å². The van der Waals surface area contributed by atoms with E-state index in [1.165, 1.54) is 17.7 Å². The van der Waals surface area contributed by atoms with Crippen molar-refractivity contribution in [2.75, 3.05) is 12.4 Å². The van der Waals surface area contributed by atoms with Crippen molar-refractivity contribution in [1.82, 2.24) is 0 Å². The van der Waals surface area contributed by atoms with Gasteiger partial charge in [0, 0.05) is 0 Å². The van der Waals surface area contributed by atoms with Crippen LogP contribution >= 0.6 is 11.8 Å². The van der Waals surface area contributed by atoms with E-state index >= 15 is 0 Å². The van der Waals surface area contributed by atoms with Crippen LogP contribution in [0, 0.1) is 0 Å². The predicted molar refractivity (Wildman–Crippen MR) is 46.2 cm³/mol. The molecule has 0 amide bonds. The average Bonchev–Trinajstić information content (AvgIpc) is 2.31. The summed E-state index contributed by atoms with van der Waals surface area (Å²) in [5.41, 5.74) is 1.57. The van der Waals surface area contributed by atoms with Crippen molar-refractivity contribution < 1.29 is 4.74 Å². The second-order valence-electron chi connectivity index (χ2n) is 2.48. The molecule has 0 spiro atoms. The van der Waals surface area contributed by atoms with Crippen molar-refractivity contribution >= 4 is 11.8 Å². The van der Waals surface area contributed by atoms with Gasteiger partial charge in [-0.15, -0.1) is 11.8 Å². The summed E-state index contributed by atoms with van der Waals surface area (Å²) < 4.78 is 5.43. The fraction of sp³-hybridized carbons (Fsp3) is 0.750. The highest BCUT2D eigenvalue weighted by atomic mass is 32.2. The van der Waals surface area contributed by atoms with Gasteiger partial charge in [-0.05, 0) is 24.2 Å². The fourth-order valence-electron chi connectivity index (χ4n) is 0.924. The molecule has 0 bridgehead atoms. The Morgan fingerprint density at radius 1 is 1.80 bits per heavy atom. The van der Waals surface area contributed by atoms with Crippen molar-refractivity contribution in [1.29, 1.82) is 0 Å². The molecule has 0 saturated carbocycles. The standard InChI is InChI=1S/C8H14OS/c1-3-6-10-8-7(2)4-5-9-8/h8H,2-6H2,1H3. The summed E-state index contributed by atoms with van der Waals surface area (Å²) in [7, 11) is 0. The molecular weight excluding hydrogens is 144 g/mol. The quantitative estimate of drug-likeness (QED) is 0.583. The molecule has 1 nitrogen and oxygen atoms in total. The Morgan fingerprint density at radius 3 is 3.10 bits per heavy atom. The van der Waals surface area contributed by atoms with Gasteiger partial charge in [0.15, 0.2) is 0 Å². The van der Waals surface area contributed by atoms with Crippen LogP contribution in [0.2, 0.25) is 0 Å². The Hall–Kier alpha value is 0.0500. The van der Waals surface area contributed by atoms with Crippen LogP contribution in [-0.4, -0.2) is 17.8 Å². The van der Waals surface area contributed by atoms with Gasteiger partial charge in [0.05, 0.1) is 6.61 Å². The van der Waals surface area contributed by atoms with Crippen LogP contribution in [0.25, 0.3) is 0 Å². The zero-order valence-electron chi connectivity index (χ0n) is 6.43. The summed E-state index contributed by atoms with van der Waals surface area (Å²) in [4.78, 5) is 0. The molecule has 0 radical (unpaired) electrons. The van der Waals surface area contributed by atoms with Crippen LogP contribution in [0.3, 0.4) is 0 Å². The third kappa shape index (κ3) is 2.03. The second-order valence-corrected chi connectivity index (χ2v) is 3.65. The van der Waals surface area contributed by atoms with Gasteiger partial charge in [-0.25, -0.2) is 0 Å². The third-order valence-corrected chi connectivity index (χ3v) is 2.92. The van der Waals surface area contributed by atoms with Crippen molar-refractivity contribution in [3.05, 3.63) is 12.2 Å². The lowest BCUT2D eigenvalue weighted by molar-refractivity contribution is 0.182. The number of ether oxygens (including phenoxy) is 1. The minimum atomic E-state index is 0.306. The molecule has 1 heterocycles. The van der Waals surface area contributed by atoms with Crippen LogP contribution < -0.4 is 0 Å². The van der Waals surface area contributed by atoms with Gasteiger partial charge < -0.3 is 4.74 Å². The molecule has 1 aliphatic heterocycles. The molecular formula is C8H14OS. The van der Waals surface area contributed by atoms with Crippen molar-refractivity contribution in [2.24, 2.45) is 0 Å². The number of thioether (sulfide) groups is 1. The molecule has 1 rings (SSSR count). The zero-order chi connectivity index (χ0) is 7.40. The Balaban J connectivity index is 2.20. The first kappa shape index (κ1) is 8.15. The zero-order valence-corrected chi connectivity index (χ0v) is 7.25. The Bertz CT molecular complexity index is 122. The van der Waals surface area contributed by atoms with Crippen LogP contribution in [0.15, 0.2) is 12.2 Å². The van der Waals surface area contributed by atoms with E-state index in [4.69, 9.17) is 4.74 Å². The maximum Gasteiger partial charge on any atom is 0.124 e. The normalized spacial score (nSPS) is 25.7. The van der Waals surface area contributed by atoms with Crippen molar-refractivity contribution in [2.45, 2.75) is 25.2 Å². The minimum Gasteiger partial charge on any atom is -0.363 e. The molecule has 1 saturated heterocycles. The van der Waals surface area contributed by atoms with E-state index in [0.29, 0.717) is 5.44 Å². The monoisotopic (exact) mass is 158 g/mol. The summed E-state index contributed by atoms with van der Waals surface area (Å²) in [6, 6.07) is 0. The highest BCUT2D eigenvalue weighted by Crippen LogP contribution is 2.27. The second kappa shape index (κ2) is 4.04. The van der Waals surface area contributed by atoms with Crippen molar-refractivity contribution in [3.8, 4) is 0 Å². The smallest absolute Gasteiger partial charge is 0.124 e. The Morgan fingerprint density at radius 2 is 2.60 bits per heavy atom. The van der Waals surface area contributed by atoms with Crippen LogP contribution in [0.1, 0.15) is 19.8 Å². The van der Waals surface area contributed by atoms with Crippen molar-refractivity contribution in [3.63, 3.8) is 0 Å². The predicted octanol–water partition coefficient (Wildman–Crippen LogP) is 2.43. The summed E-state index contributed by atoms with van der Waals surface area (Å²) in [5.74, 6) is 1.18. The average molecular weight is 158 g/mol. The van der Waals surface area contributed by atoms with Gasteiger partial charge in [-0.1, -0.05) is 13.5 Å². The lowest BCUT2D eigenvalue weighted by Crippen LogP contribution is -2.01. The maximum atomic E-state index is 5.43. The van der Waals surface area contributed by atoms with E-state index in [0.717, 1.165) is 13.0 Å². The van der Waals surface area contributed by atoms with E-state index in [9.17, 15) is 0 Å². The SMILES string of the molecule is C=C1CCOC1SCCC. The van der Waals surface area contributed by atoms with Gasteiger partial charge in [0.25, 0.3) is 0 Å². The molecule has 0 N–H and O–H groups in total. The minimum absolute atomic E-state index is 0.306. The van der Waals surface area contributed by atoms with E-state index in [1.54, 1.807) is 0 Å². The molecule has 10 heavy (non-hydrogen) atoms. The molecule has 1 unspecified atom stereocenters. The molecule has 0 aliphatic carbocycles. The summed E-state index contributed by atoms with van der Waals surface area (Å²) in [6.45, 7) is 7.00. The van der Waals surface area contributed by atoms with Gasteiger partial charge in [-0.2, -0.15) is 0 Å². The van der Waals surface area contributed by atoms with Gasteiger partial charge >= 0.3 is 0 Å². The highest BCUT2D eigenvalue weighted by Gasteiger charge is 2.18. The molecule has 0 aromatic rings. The molecule has 1 atom stereocenters. The topological polar surface area (TPSA) is 9.23 Å². The Kier molecular flexibility index (Phi) is 3.29. The first-order chi connectivity index (χ1) is 4.84. The van der Waals surface area contributed by atoms with Crippen LogP contribution in [0.5, 0.6) is 0 Å². The lowest BCUT2D eigenvalue weighted by atomic mass is 10.3. The summed E-state index contributed by atoms with van der Waals surface area (Å²) >= 11 is 1.87. The molecule has 58 valence electrons. The van der Waals surface area contributed by atoms with Crippen LogP contribution in [-0.2, 0) is 4.74 Å². The van der Waals surface area contributed by atoms with Gasteiger partial charge in [0.1, 0.15) is 5.44 Å². The summed E-state index contributed by atoms with van der Waals surface area (Å²) in [5, 5.41) is 0. The van der Waals surface area contributed by atoms with Gasteiger partial charge in [0.2, 0.25) is 0 Å². The van der Waals surface area contributed by atoms with E-state index in [1.807, 2.05) is 11.8 Å². The molecule has 1 fully saturated rings. The third-order valence-electron chi connectivity index (χ3n) is 1.50. The fourth-order valence-corrected chi connectivity index (χ4v) is 1.92. The lowest BCUT2D eigenvalue weighted by Gasteiger charge is -2.08. The number of hydrogen-bond acceptors (Lipinski definition) is 2. The first-order valence-electron chi connectivity index (χ1n) is 3.75. The largest absolute Gasteiger partial charge is 0.363 e. The summed E-state index contributed by atoms with van der Waals surface area (Å²) in [6.07, 6.45) is 2.28. The number of hydrogen-bond donors (Lipinski definition) is 0. The van der Waals surface area contributed by atoms with E-state index < -0.39 is 0 Å².